The number of benzene rings is 2. The quantitative estimate of drug-likeness (QED) is 0.442. The Hall–Kier alpha value is -1.42. The summed E-state index contributed by atoms with van der Waals surface area (Å²) >= 11 is 0. The lowest BCUT2D eigenvalue weighted by Crippen LogP contribution is -2.56. The fourth-order valence-electron chi connectivity index (χ4n) is 5.50. The van der Waals surface area contributed by atoms with E-state index in [2.05, 4.69) is 74.1 Å². The summed E-state index contributed by atoms with van der Waals surface area (Å²) < 4.78 is 12.0. The first-order valence-electron chi connectivity index (χ1n) is 11.8. The van der Waals surface area contributed by atoms with Crippen LogP contribution in [0.5, 0.6) is 0 Å². The molecule has 1 fully saturated rings. The number of hydrogen-bond donors (Lipinski definition) is 0. The molecule has 1 aliphatic carbocycles. The van der Waals surface area contributed by atoms with Crippen LogP contribution in [0.2, 0.25) is 12.6 Å². The largest absolute Gasteiger partial charge is 0.384 e. The molecule has 2 aromatic rings. The van der Waals surface area contributed by atoms with Crippen molar-refractivity contribution in [1.82, 2.24) is 0 Å². The molecule has 1 aliphatic rings. The van der Waals surface area contributed by atoms with E-state index in [4.69, 9.17) is 9.47 Å². The molecule has 0 heterocycles. The fourth-order valence-corrected chi connectivity index (χ4v) is 9.26. The average molecular weight is 425 g/mol. The van der Waals surface area contributed by atoms with Crippen LogP contribution < -0.4 is 10.4 Å². The summed E-state index contributed by atoms with van der Waals surface area (Å²) in [7, 11) is 0.0153. The van der Waals surface area contributed by atoms with Crippen molar-refractivity contribution in [3.05, 3.63) is 60.7 Å². The van der Waals surface area contributed by atoms with Gasteiger partial charge in [-0.05, 0) is 38.1 Å². The highest BCUT2D eigenvalue weighted by atomic mass is 28.3. The first-order valence-corrected chi connectivity index (χ1v) is 14.5. The van der Waals surface area contributed by atoms with E-state index < -0.39 is 8.07 Å². The van der Waals surface area contributed by atoms with Gasteiger partial charge < -0.3 is 9.47 Å². The normalized spacial score (nSPS) is 17.6. The minimum Gasteiger partial charge on any atom is -0.384 e. The van der Waals surface area contributed by atoms with Crippen LogP contribution in [0.1, 0.15) is 45.4 Å². The monoisotopic (exact) mass is 424 g/mol. The summed E-state index contributed by atoms with van der Waals surface area (Å²) in [6.07, 6.45) is 7.92. The molecule has 2 aromatic carbocycles. The molecule has 0 spiro atoms. The van der Waals surface area contributed by atoms with Gasteiger partial charge in [0.25, 0.3) is 0 Å². The van der Waals surface area contributed by atoms with E-state index in [1.165, 1.54) is 54.9 Å². The molecule has 3 heteroatoms. The predicted molar refractivity (Wildman–Crippen MR) is 131 cm³/mol. The topological polar surface area (TPSA) is 18.5 Å². The van der Waals surface area contributed by atoms with Gasteiger partial charge in [0.1, 0.15) is 8.07 Å². The van der Waals surface area contributed by atoms with E-state index in [1.54, 1.807) is 0 Å². The van der Waals surface area contributed by atoms with E-state index in [-0.39, 0.29) is 5.41 Å². The van der Waals surface area contributed by atoms with E-state index >= 15 is 0 Å². The minimum atomic E-state index is -1.85. The summed E-state index contributed by atoms with van der Waals surface area (Å²) in [5.74, 6) is 0.711. The van der Waals surface area contributed by atoms with E-state index in [1.807, 2.05) is 7.11 Å². The lowest BCUT2D eigenvalue weighted by atomic mass is 9.68. The van der Waals surface area contributed by atoms with Crippen LogP contribution in [0.3, 0.4) is 0 Å². The Kier molecular flexibility index (Phi) is 8.73. The molecule has 2 nitrogen and oxygen atoms in total. The van der Waals surface area contributed by atoms with Gasteiger partial charge >= 0.3 is 0 Å². The van der Waals surface area contributed by atoms with Gasteiger partial charge in [0.2, 0.25) is 0 Å². The molecule has 0 bridgehead atoms. The molecule has 0 aliphatic heterocycles. The Morgan fingerprint density at radius 1 is 0.867 bits per heavy atom. The molecule has 30 heavy (non-hydrogen) atoms. The maximum Gasteiger partial charge on any atom is 0.115 e. The number of hydrogen-bond acceptors (Lipinski definition) is 2. The van der Waals surface area contributed by atoms with Crippen molar-refractivity contribution in [3.8, 4) is 0 Å². The van der Waals surface area contributed by atoms with Crippen LogP contribution in [-0.2, 0) is 9.47 Å². The summed E-state index contributed by atoms with van der Waals surface area (Å²) in [6, 6.07) is 23.7. The Labute approximate surface area is 185 Å². The average Bonchev–Trinajstić information content (AvgIpc) is 2.82. The lowest BCUT2D eigenvalue weighted by molar-refractivity contribution is -0.0535. The summed E-state index contributed by atoms with van der Waals surface area (Å²) in [5, 5.41) is 3.06. The Morgan fingerprint density at radius 2 is 1.43 bits per heavy atom. The third-order valence-electron chi connectivity index (χ3n) is 7.44. The van der Waals surface area contributed by atoms with Gasteiger partial charge in [0.05, 0.1) is 13.2 Å². The van der Waals surface area contributed by atoms with Gasteiger partial charge in [-0.1, -0.05) is 96.8 Å². The zero-order valence-electron chi connectivity index (χ0n) is 19.2. The molecular formula is C27H40O2Si. The zero-order chi connectivity index (χ0) is 21.3. The second-order valence-electron chi connectivity index (χ2n) is 9.33. The highest BCUT2D eigenvalue weighted by molar-refractivity contribution is 7.01. The van der Waals surface area contributed by atoms with Gasteiger partial charge in [-0.15, -0.1) is 0 Å². The Morgan fingerprint density at radius 3 is 1.93 bits per heavy atom. The highest BCUT2D eigenvalue weighted by Gasteiger charge is 2.42. The van der Waals surface area contributed by atoms with Crippen LogP contribution >= 0.6 is 0 Å². The SMILES string of the molecule is CCOCC(CC[Si](C)(c1ccccc1)c1ccccc1)(COC)C1CCCCC1. The smallest absolute Gasteiger partial charge is 0.115 e. The number of rotatable bonds is 11. The maximum absolute atomic E-state index is 6.12. The second kappa shape index (κ2) is 11.3. The summed E-state index contributed by atoms with van der Waals surface area (Å²) in [4.78, 5) is 0. The molecule has 0 saturated heterocycles. The van der Waals surface area contributed by atoms with Crippen LogP contribution in [0.15, 0.2) is 60.7 Å². The molecule has 0 radical (unpaired) electrons. The number of methoxy groups -OCH3 is 1. The molecule has 1 unspecified atom stereocenters. The third kappa shape index (κ3) is 5.43. The van der Waals surface area contributed by atoms with Gasteiger partial charge in [-0.2, -0.15) is 0 Å². The zero-order valence-corrected chi connectivity index (χ0v) is 20.2. The number of ether oxygens (including phenoxy) is 2. The molecule has 0 N–H and O–H groups in total. The lowest BCUT2D eigenvalue weighted by Gasteiger charge is -2.44. The van der Waals surface area contributed by atoms with E-state index in [0.29, 0.717) is 5.92 Å². The van der Waals surface area contributed by atoms with Crippen molar-refractivity contribution >= 4 is 18.4 Å². The van der Waals surface area contributed by atoms with Crippen molar-refractivity contribution in [2.24, 2.45) is 11.3 Å². The van der Waals surface area contributed by atoms with Crippen LogP contribution in [0.25, 0.3) is 0 Å². The van der Waals surface area contributed by atoms with Crippen molar-refractivity contribution in [3.63, 3.8) is 0 Å². The predicted octanol–water partition coefficient (Wildman–Crippen LogP) is 5.52. The van der Waals surface area contributed by atoms with Crippen molar-refractivity contribution in [2.45, 2.75) is 58.0 Å². The van der Waals surface area contributed by atoms with Crippen molar-refractivity contribution < 1.29 is 9.47 Å². The standard InChI is InChI=1S/C27H40O2Si/c1-4-29-23-27(22-28-2,24-14-8-5-9-15-24)20-21-30(3,25-16-10-6-11-17-25)26-18-12-7-13-19-26/h6-7,10-13,16-19,24H,4-5,8-9,14-15,20-23H2,1-3H3. The van der Waals surface area contributed by atoms with E-state index in [9.17, 15) is 0 Å². The fraction of sp³-hybridized carbons (Fsp3) is 0.556. The first-order chi connectivity index (χ1) is 14.6. The molecule has 164 valence electrons. The van der Waals surface area contributed by atoms with Gasteiger partial charge in [0.15, 0.2) is 0 Å². The highest BCUT2D eigenvalue weighted by Crippen LogP contribution is 2.43. The third-order valence-corrected chi connectivity index (χ3v) is 11.9. The second-order valence-corrected chi connectivity index (χ2v) is 13.7. The molecular weight excluding hydrogens is 384 g/mol. The summed E-state index contributed by atoms with van der Waals surface area (Å²) in [5.41, 5.74) is 0.128. The molecule has 1 atom stereocenters. The first kappa shape index (κ1) is 23.2. The maximum atomic E-state index is 6.12. The molecule has 0 amide bonds. The molecule has 3 rings (SSSR count). The van der Waals surface area contributed by atoms with Gasteiger partial charge in [0, 0.05) is 19.1 Å². The van der Waals surface area contributed by atoms with Crippen molar-refractivity contribution in [2.75, 3.05) is 26.9 Å². The van der Waals surface area contributed by atoms with Crippen LogP contribution in [0.4, 0.5) is 0 Å². The Bertz CT molecular complexity index is 688. The molecule has 0 aromatic heterocycles. The van der Waals surface area contributed by atoms with Gasteiger partial charge in [-0.3, -0.25) is 0 Å². The molecule has 1 saturated carbocycles. The summed E-state index contributed by atoms with van der Waals surface area (Å²) in [6.45, 7) is 7.09. The van der Waals surface area contributed by atoms with Crippen LogP contribution in [0, 0.1) is 11.3 Å². The van der Waals surface area contributed by atoms with Gasteiger partial charge in [-0.25, -0.2) is 0 Å². The van der Waals surface area contributed by atoms with E-state index in [0.717, 1.165) is 19.8 Å². The van der Waals surface area contributed by atoms with Crippen molar-refractivity contribution in [1.29, 1.82) is 0 Å². The minimum absolute atomic E-state index is 0.128. The Balaban J connectivity index is 1.93. The van der Waals surface area contributed by atoms with Crippen LogP contribution in [-0.4, -0.2) is 35.0 Å².